The molecule has 2 rings (SSSR count). The maximum Gasteiger partial charge on any atom is 0.103 e. The second-order valence-electron chi connectivity index (χ2n) is 5.11. The van der Waals surface area contributed by atoms with E-state index in [1.807, 2.05) is 36.0 Å². The van der Waals surface area contributed by atoms with E-state index in [9.17, 15) is 0 Å². The maximum absolute atomic E-state index is 5.96. The zero-order valence-corrected chi connectivity index (χ0v) is 12.6. The van der Waals surface area contributed by atoms with Gasteiger partial charge >= 0.3 is 0 Å². The largest absolute Gasteiger partial charge is 0.398 e. The Hall–Kier alpha value is -1.00. The van der Waals surface area contributed by atoms with Gasteiger partial charge in [-0.2, -0.15) is 0 Å². The molecule has 2 nitrogen and oxygen atoms in total. The summed E-state index contributed by atoms with van der Waals surface area (Å²) >= 11 is 3.62. The van der Waals surface area contributed by atoms with Crippen LogP contribution in [0, 0.1) is 0 Å². The van der Waals surface area contributed by atoms with Crippen molar-refractivity contribution in [3.8, 4) is 11.3 Å². The van der Waals surface area contributed by atoms with E-state index in [1.54, 1.807) is 11.3 Å². The van der Waals surface area contributed by atoms with E-state index in [4.69, 9.17) is 5.73 Å². The molecular weight excluding hydrogens is 260 g/mol. The molecule has 0 fully saturated rings. The summed E-state index contributed by atoms with van der Waals surface area (Å²) in [5.74, 6) is 0.959. The molecule has 2 aromatic rings. The van der Waals surface area contributed by atoms with Gasteiger partial charge in [-0.25, -0.2) is 4.98 Å². The van der Waals surface area contributed by atoms with Gasteiger partial charge in [-0.3, -0.25) is 0 Å². The van der Waals surface area contributed by atoms with E-state index in [0.29, 0.717) is 0 Å². The Balaban J connectivity index is 2.14. The number of thioether (sulfide) groups is 1. The molecular formula is C14H18N2S2. The summed E-state index contributed by atoms with van der Waals surface area (Å²) in [5, 5.41) is 3.25. The van der Waals surface area contributed by atoms with Gasteiger partial charge in [0.05, 0.1) is 5.69 Å². The summed E-state index contributed by atoms with van der Waals surface area (Å²) in [4.78, 5) is 4.66. The van der Waals surface area contributed by atoms with Gasteiger partial charge in [0.15, 0.2) is 0 Å². The monoisotopic (exact) mass is 278 g/mol. The molecule has 1 aromatic heterocycles. The summed E-state index contributed by atoms with van der Waals surface area (Å²) < 4.78 is 0.275. The lowest BCUT2D eigenvalue weighted by molar-refractivity contribution is 0.802. The molecule has 0 aliphatic rings. The normalized spacial score (nSPS) is 11.7. The molecule has 1 aromatic carbocycles. The van der Waals surface area contributed by atoms with Gasteiger partial charge < -0.3 is 5.73 Å². The van der Waals surface area contributed by atoms with Crippen molar-refractivity contribution >= 4 is 28.8 Å². The molecule has 1 heterocycles. The Morgan fingerprint density at radius 3 is 2.67 bits per heavy atom. The van der Waals surface area contributed by atoms with Crippen molar-refractivity contribution in [2.24, 2.45) is 0 Å². The zero-order chi connectivity index (χ0) is 13.2. The fourth-order valence-corrected chi connectivity index (χ4v) is 3.16. The number of nitrogens with two attached hydrogens (primary N) is 1. The first-order chi connectivity index (χ1) is 8.46. The highest BCUT2D eigenvalue weighted by atomic mass is 32.2. The van der Waals surface area contributed by atoms with Gasteiger partial charge in [0.1, 0.15) is 5.01 Å². The van der Waals surface area contributed by atoms with Crippen LogP contribution in [-0.4, -0.2) is 9.73 Å². The quantitative estimate of drug-likeness (QED) is 0.844. The first-order valence-electron chi connectivity index (χ1n) is 5.89. The van der Waals surface area contributed by atoms with Crippen molar-refractivity contribution in [3.63, 3.8) is 0 Å². The Morgan fingerprint density at radius 2 is 2.00 bits per heavy atom. The molecule has 0 atom stereocenters. The minimum atomic E-state index is 0.275. The van der Waals surface area contributed by atoms with Crippen molar-refractivity contribution in [2.75, 3.05) is 5.73 Å². The maximum atomic E-state index is 5.96. The topological polar surface area (TPSA) is 38.9 Å². The molecule has 0 aliphatic heterocycles. The summed E-state index contributed by atoms with van der Waals surface area (Å²) in [6, 6.07) is 7.87. The zero-order valence-electron chi connectivity index (χ0n) is 10.9. The van der Waals surface area contributed by atoms with Crippen molar-refractivity contribution in [3.05, 3.63) is 34.7 Å². The lowest BCUT2D eigenvalue weighted by Gasteiger charge is -2.16. The lowest BCUT2D eigenvalue weighted by atomic mass is 10.1. The first-order valence-corrected chi connectivity index (χ1v) is 7.75. The van der Waals surface area contributed by atoms with E-state index >= 15 is 0 Å². The van der Waals surface area contributed by atoms with Gasteiger partial charge in [0.2, 0.25) is 0 Å². The highest BCUT2D eigenvalue weighted by molar-refractivity contribution is 7.99. The van der Waals surface area contributed by atoms with E-state index in [-0.39, 0.29) is 4.75 Å². The van der Waals surface area contributed by atoms with Crippen molar-refractivity contribution in [2.45, 2.75) is 31.3 Å². The summed E-state index contributed by atoms with van der Waals surface area (Å²) in [7, 11) is 0. The molecule has 0 saturated carbocycles. The van der Waals surface area contributed by atoms with Crippen LogP contribution in [0.1, 0.15) is 25.8 Å². The number of hydrogen-bond acceptors (Lipinski definition) is 4. The fourth-order valence-electron chi connectivity index (χ4n) is 1.51. The van der Waals surface area contributed by atoms with Crippen LogP contribution in [0.25, 0.3) is 11.3 Å². The minimum absolute atomic E-state index is 0.275. The number of rotatable bonds is 3. The van der Waals surface area contributed by atoms with Crippen LogP contribution in [0.5, 0.6) is 0 Å². The van der Waals surface area contributed by atoms with Crippen LogP contribution >= 0.6 is 23.1 Å². The Kier molecular flexibility index (Phi) is 3.97. The summed E-state index contributed by atoms with van der Waals surface area (Å²) in [5.41, 5.74) is 8.77. The van der Waals surface area contributed by atoms with Crippen LogP contribution in [0.4, 0.5) is 5.69 Å². The average molecular weight is 278 g/mol. The van der Waals surface area contributed by atoms with Crippen LogP contribution in [-0.2, 0) is 5.75 Å². The number of aromatic nitrogens is 1. The average Bonchev–Trinajstić information content (AvgIpc) is 2.75. The number of nitrogen functional groups attached to an aromatic ring is 1. The van der Waals surface area contributed by atoms with Crippen LogP contribution in [0.15, 0.2) is 29.6 Å². The van der Waals surface area contributed by atoms with Crippen LogP contribution in [0.3, 0.4) is 0 Å². The molecule has 0 bridgehead atoms. The molecule has 0 unspecified atom stereocenters. The Labute approximate surface area is 117 Å². The van der Waals surface area contributed by atoms with Crippen LogP contribution < -0.4 is 5.73 Å². The predicted octanol–water partition coefficient (Wildman–Crippen LogP) is 4.42. The van der Waals surface area contributed by atoms with Gasteiger partial charge in [0.25, 0.3) is 0 Å². The number of anilines is 1. The van der Waals surface area contributed by atoms with E-state index in [0.717, 1.165) is 27.7 Å². The molecule has 0 saturated heterocycles. The molecule has 18 heavy (non-hydrogen) atoms. The minimum Gasteiger partial charge on any atom is -0.398 e. The number of thiazole rings is 1. The first kappa shape index (κ1) is 13.4. The molecule has 0 amide bonds. The second-order valence-corrected chi connectivity index (χ2v) is 7.86. The van der Waals surface area contributed by atoms with Gasteiger partial charge in [-0.1, -0.05) is 39.0 Å². The molecule has 4 heteroatoms. The van der Waals surface area contributed by atoms with Crippen molar-refractivity contribution in [1.82, 2.24) is 4.98 Å². The summed E-state index contributed by atoms with van der Waals surface area (Å²) in [6.07, 6.45) is 0. The second kappa shape index (κ2) is 5.33. The SMILES string of the molecule is CC(C)(C)SCc1nc(-c2ccccc2N)cs1. The van der Waals surface area contributed by atoms with Crippen molar-refractivity contribution in [1.29, 1.82) is 0 Å². The van der Waals surface area contributed by atoms with Gasteiger partial charge in [-0.15, -0.1) is 23.1 Å². The van der Waals surface area contributed by atoms with Crippen LogP contribution in [0.2, 0.25) is 0 Å². The Bertz CT molecular complexity index is 527. The Morgan fingerprint density at radius 1 is 1.28 bits per heavy atom. The number of benzene rings is 1. The molecule has 2 N–H and O–H groups in total. The summed E-state index contributed by atoms with van der Waals surface area (Å²) in [6.45, 7) is 6.67. The lowest BCUT2D eigenvalue weighted by Crippen LogP contribution is -2.07. The number of nitrogens with zero attached hydrogens (tertiary/aromatic N) is 1. The van der Waals surface area contributed by atoms with Gasteiger partial charge in [-0.05, 0) is 6.07 Å². The molecule has 96 valence electrons. The number of para-hydroxylation sites is 1. The third-order valence-electron chi connectivity index (χ3n) is 2.42. The molecule has 0 aliphatic carbocycles. The third kappa shape index (κ3) is 3.50. The highest BCUT2D eigenvalue weighted by Crippen LogP contribution is 2.31. The van der Waals surface area contributed by atoms with Crippen molar-refractivity contribution < 1.29 is 0 Å². The predicted molar refractivity (Wildman–Crippen MR) is 83.0 cm³/mol. The highest BCUT2D eigenvalue weighted by Gasteiger charge is 2.13. The van der Waals surface area contributed by atoms with Gasteiger partial charge in [0, 0.05) is 27.1 Å². The van der Waals surface area contributed by atoms with E-state index in [1.165, 1.54) is 0 Å². The smallest absolute Gasteiger partial charge is 0.103 e. The fraction of sp³-hybridized carbons (Fsp3) is 0.357. The standard InChI is InChI=1S/C14H18N2S2/c1-14(2,3)18-9-13-16-12(8-17-13)10-6-4-5-7-11(10)15/h4-8H,9,15H2,1-3H3. The number of hydrogen-bond donors (Lipinski definition) is 1. The third-order valence-corrected chi connectivity index (χ3v) is 4.73. The molecule has 0 spiro atoms. The van der Waals surface area contributed by atoms with E-state index < -0.39 is 0 Å². The molecule has 0 radical (unpaired) electrons. The van der Waals surface area contributed by atoms with E-state index in [2.05, 4.69) is 31.1 Å².